The molecule has 1 aromatic heterocycles. The molecule has 4 aliphatic carbocycles. The van der Waals surface area contributed by atoms with Crippen molar-refractivity contribution in [3.63, 3.8) is 0 Å². The lowest BCUT2D eigenvalue weighted by atomic mass is 9.53. The maximum atomic E-state index is 2.58. The Bertz CT molecular complexity index is 910. The van der Waals surface area contributed by atoms with E-state index in [4.69, 9.17) is 0 Å². The van der Waals surface area contributed by atoms with Crippen molar-refractivity contribution in [2.45, 2.75) is 44.1 Å². The smallest absolute Gasteiger partial charge is 0.171 e. The quantitative estimate of drug-likeness (QED) is 0.591. The molecule has 0 aliphatic heterocycles. The van der Waals surface area contributed by atoms with Gasteiger partial charge < -0.3 is 17.3 Å². The number of aromatic nitrogens is 1. The summed E-state index contributed by atoms with van der Waals surface area (Å²) in [6.45, 7) is 0. The molecule has 0 saturated heterocycles. The molecule has 30 heavy (non-hydrogen) atoms. The third-order valence-corrected chi connectivity index (χ3v) is 7.65. The summed E-state index contributed by atoms with van der Waals surface area (Å²) >= 11 is 0. The Hall–Kier alpha value is -2.32. The minimum Gasteiger partial charge on any atom is -1.00 e. The van der Waals surface area contributed by atoms with Gasteiger partial charge in [0.25, 0.3) is 0 Å². The highest BCUT2D eigenvalue weighted by atomic mass is 35.5. The number of para-hydroxylation sites is 2. The zero-order valence-corrected chi connectivity index (χ0v) is 18.1. The van der Waals surface area contributed by atoms with E-state index >= 15 is 0 Å². The van der Waals surface area contributed by atoms with Gasteiger partial charge in [0.2, 0.25) is 0 Å². The molecule has 4 fully saturated rings. The lowest BCUT2D eigenvalue weighted by Gasteiger charge is -2.53. The molecule has 0 radical (unpaired) electrons. The van der Waals surface area contributed by atoms with Crippen molar-refractivity contribution in [2.75, 3.05) is 4.90 Å². The first-order chi connectivity index (χ1) is 14.3. The van der Waals surface area contributed by atoms with Gasteiger partial charge in [-0.2, -0.15) is 4.57 Å². The van der Waals surface area contributed by atoms with Crippen LogP contribution >= 0.6 is 0 Å². The number of anilines is 3. The van der Waals surface area contributed by atoms with Crippen molar-refractivity contribution >= 4 is 17.1 Å². The van der Waals surface area contributed by atoms with Gasteiger partial charge in [0.05, 0.1) is 5.69 Å². The molecule has 0 unspecified atom stereocenters. The van der Waals surface area contributed by atoms with Crippen LogP contribution in [0.2, 0.25) is 0 Å². The third kappa shape index (κ3) is 3.32. The molecule has 154 valence electrons. The van der Waals surface area contributed by atoms with Gasteiger partial charge in [0.15, 0.2) is 17.9 Å². The third-order valence-electron chi connectivity index (χ3n) is 7.65. The van der Waals surface area contributed by atoms with Gasteiger partial charge in [-0.25, -0.2) is 0 Å². The van der Waals surface area contributed by atoms with Crippen LogP contribution in [0.15, 0.2) is 85.2 Å². The Kier molecular flexibility index (Phi) is 5.06. The first kappa shape index (κ1) is 19.6. The number of rotatable bonds is 4. The van der Waals surface area contributed by atoms with Crippen LogP contribution in [-0.2, 0) is 5.54 Å². The van der Waals surface area contributed by atoms with E-state index in [9.17, 15) is 0 Å². The zero-order valence-electron chi connectivity index (χ0n) is 17.3. The Morgan fingerprint density at radius 2 is 1.00 bits per heavy atom. The second kappa shape index (κ2) is 7.74. The van der Waals surface area contributed by atoms with Crippen molar-refractivity contribution in [2.24, 2.45) is 17.8 Å². The van der Waals surface area contributed by atoms with E-state index in [1.165, 1.54) is 55.6 Å². The Morgan fingerprint density at radius 1 is 0.600 bits per heavy atom. The molecular weight excluding hydrogens is 388 g/mol. The summed E-state index contributed by atoms with van der Waals surface area (Å²) in [6, 6.07) is 26.0. The van der Waals surface area contributed by atoms with E-state index in [-0.39, 0.29) is 12.4 Å². The number of hydrogen-bond acceptors (Lipinski definition) is 1. The predicted octanol–water partition coefficient (Wildman–Crippen LogP) is 3.37. The number of halogens is 1. The van der Waals surface area contributed by atoms with Crippen LogP contribution in [0.4, 0.5) is 17.1 Å². The predicted molar refractivity (Wildman–Crippen MR) is 117 cm³/mol. The van der Waals surface area contributed by atoms with E-state index in [0.29, 0.717) is 5.54 Å². The molecule has 7 rings (SSSR count). The molecule has 4 aliphatic rings. The number of nitrogens with zero attached hydrogens (tertiary/aromatic N) is 2. The molecule has 0 spiro atoms. The molecule has 1 heterocycles. The van der Waals surface area contributed by atoms with E-state index in [1.807, 2.05) is 0 Å². The monoisotopic (exact) mass is 416 g/mol. The molecule has 2 aromatic carbocycles. The molecular formula is C27H29ClN2. The first-order valence-corrected chi connectivity index (χ1v) is 11.2. The molecule has 0 atom stereocenters. The van der Waals surface area contributed by atoms with Crippen molar-refractivity contribution in [3.05, 3.63) is 85.2 Å². The number of benzene rings is 2. The number of pyridine rings is 1. The van der Waals surface area contributed by atoms with Crippen molar-refractivity contribution in [1.29, 1.82) is 0 Å². The topological polar surface area (TPSA) is 7.12 Å². The minimum absolute atomic E-state index is 0. The second-order valence-corrected chi connectivity index (χ2v) is 9.61. The average Bonchev–Trinajstić information content (AvgIpc) is 2.75. The largest absolute Gasteiger partial charge is 1.00 e. The van der Waals surface area contributed by atoms with Gasteiger partial charge in [0.1, 0.15) is 0 Å². The maximum absolute atomic E-state index is 2.58. The summed E-state index contributed by atoms with van der Waals surface area (Å²) in [5.74, 6) is 2.91. The highest BCUT2D eigenvalue weighted by Crippen LogP contribution is 2.56. The molecule has 4 saturated carbocycles. The van der Waals surface area contributed by atoms with E-state index in [2.05, 4.69) is 94.7 Å². The fraction of sp³-hybridized carbons (Fsp3) is 0.370. The standard InChI is InChI=1S/C27H29N2.ClH/c1-3-7-24(8-4-1)29(25-9-5-2-6-10-25)26-11-13-28(14-12-26)27-18-21-15-22(19-27)17-23(16-21)20-27;/h1-14,21-23H,15-20H2;1H/q+1;/p-1. The fourth-order valence-electron chi connectivity index (χ4n) is 6.87. The maximum Gasteiger partial charge on any atom is 0.171 e. The first-order valence-electron chi connectivity index (χ1n) is 11.2. The Morgan fingerprint density at radius 3 is 1.43 bits per heavy atom. The Labute approximate surface area is 186 Å². The number of hydrogen-bond donors (Lipinski definition) is 0. The highest BCUT2D eigenvalue weighted by Gasteiger charge is 2.56. The normalized spacial score (nSPS) is 28.7. The van der Waals surface area contributed by atoms with Crippen LogP contribution in [0.5, 0.6) is 0 Å². The summed E-state index contributed by atoms with van der Waals surface area (Å²) in [5, 5.41) is 0. The average molecular weight is 417 g/mol. The van der Waals surface area contributed by atoms with Gasteiger partial charge >= 0.3 is 0 Å². The Balaban J connectivity index is 0.00000193. The van der Waals surface area contributed by atoms with Crippen molar-refractivity contribution in [3.8, 4) is 0 Å². The molecule has 2 nitrogen and oxygen atoms in total. The van der Waals surface area contributed by atoms with Gasteiger partial charge in [-0.3, -0.25) is 0 Å². The van der Waals surface area contributed by atoms with Crippen LogP contribution in [0, 0.1) is 17.8 Å². The van der Waals surface area contributed by atoms with Crippen LogP contribution in [0.25, 0.3) is 0 Å². The van der Waals surface area contributed by atoms with Crippen LogP contribution in [0.1, 0.15) is 38.5 Å². The molecule has 3 aromatic rings. The molecule has 3 heteroatoms. The summed E-state index contributed by atoms with van der Waals surface area (Å²) < 4.78 is 2.58. The summed E-state index contributed by atoms with van der Waals surface area (Å²) in [4.78, 5) is 2.35. The molecule has 0 N–H and O–H groups in total. The van der Waals surface area contributed by atoms with Crippen molar-refractivity contribution in [1.82, 2.24) is 0 Å². The van der Waals surface area contributed by atoms with Gasteiger partial charge in [-0.15, -0.1) is 0 Å². The molecule has 4 bridgehead atoms. The van der Waals surface area contributed by atoms with Crippen LogP contribution < -0.4 is 21.9 Å². The van der Waals surface area contributed by atoms with E-state index in [0.717, 1.165) is 17.8 Å². The molecule has 0 amide bonds. The van der Waals surface area contributed by atoms with Crippen molar-refractivity contribution < 1.29 is 17.0 Å². The minimum atomic E-state index is 0. The SMILES string of the molecule is [Cl-].c1ccc(N(c2ccccc2)c2cc[n+](C34CC5CC(CC(C5)C3)C4)cc2)cc1. The summed E-state index contributed by atoms with van der Waals surface area (Å²) in [5.41, 5.74) is 4.01. The van der Waals surface area contributed by atoms with Crippen LogP contribution in [-0.4, -0.2) is 0 Å². The van der Waals surface area contributed by atoms with Crippen LogP contribution in [0.3, 0.4) is 0 Å². The summed E-state index contributed by atoms with van der Waals surface area (Å²) in [6.07, 6.45) is 13.4. The van der Waals surface area contributed by atoms with E-state index < -0.39 is 0 Å². The fourth-order valence-corrected chi connectivity index (χ4v) is 6.87. The summed E-state index contributed by atoms with van der Waals surface area (Å²) in [7, 11) is 0. The lowest BCUT2D eigenvalue weighted by molar-refractivity contribution is -0.776. The highest BCUT2D eigenvalue weighted by molar-refractivity contribution is 5.75. The van der Waals surface area contributed by atoms with Gasteiger partial charge in [-0.05, 0) is 61.3 Å². The van der Waals surface area contributed by atoms with Gasteiger partial charge in [-0.1, -0.05) is 36.4 Å². The van der Waals surface area contributed by atoms with Gasteiger partial charge in [0, 0.05) is 42.8 Å². The zero-order chi connectivity index (χ0) is 19.3. The lowest BCUT2D eigenvalue weighted by Crippen LogP contribution is -3.00. The van der Waals surface area contributed by atoms with E-state index in [1.54, 1.807) is 0 Å². The second-order valence-electron chi connectivity index (χ2n) is 9.61.